The summed E-state index contributed by atoms with van der Waals surface area (Å²) in [6.45, 7) is 2.39. The van der Waals surface area contributed by atoms with Crippen LogP contribution in [-0.2, 0) is 16.6 Å². The number of hydrogen-bond acceptors (Lipinski definition) is 3. The Bertz CT molecular complexity index is 902. The number of carbonyl (C=O) groups is 1. The highest BCUT2D eigenvalue weighted by atomic mass is 35.5. The summed E-state index contributed by atoms with van der Waals surface area (Å²) in [5.41, 5.74) is 4.07. The molecular weight excluding hydrogens is 384 g/mol. The first kappa shape index (κ1) is 20.2. The summed E-state index contributed by atoms with van der Waals surface area (Å²) in [5.74, 6) is 1.32. The number of methoxy groups -OCH3 is 1. The van der Waals surface area contributed by atoms with E-state index in [4.69, 9.17) is 4.74 Å². The van der Waals surface area contributed by atoms with Crippen LogP contribution in [0.1, 0.15) is 42.0 Å². The van der Waals surface area contributed by atoms with Gasteiger partial charge in [0.05, 0.1) is 13.2 Å². The molecule has 3 aliphatic rings. The smallest absolute Gasteiger partial charge is 0.227 e. The number of rotatable bonds is 3. The molecule has 5 rings (SSSR count). The summed E-state index contributed by atoms with van der Waals surface area (Å²) >= 11 is 0. The number of piperazine rings is 1. The van der Waals surface area contributed by atoms with E-state index in [0.717, 1.165) is 50.2 Å². The van der Waals surface area contributed by atoms with Crippen LogP contribution in [0, 0.1) is 5.92 Å². The number of fused-ring (bicyclic) bond motifs is 2. The molecule has 4 nitrogen and oxygen atoms in total. The van der Waals surface area contributed by atoms with Crippen molar-refractivity contribution in [2.45, 2.75) is 37.1 Å². The van der Waals surface area contributed by atoms with Gasteiger partial charge in [-0.1, -0.05) is 42.5 Å². The van der Waals surface area contributed by atoms with Crippen LogP contribution in [0.15, 0.2) is 48.5 Å². The van der Waals surface area contributed by atoms with Gasteiger partial charge < -0.3 is 15.0 Å². The van der Waals surface area contributed by atoms with Gasteiger partial charge in [-0.15, -0.1) is 12.4 Å². The summed E-state index contributed by atoms with van der Waals surface area (Å²) < 4.78 is 5.59. The number of nitrogens with one attached hydrogen (secondary N) is 1. The maximum absolute atomic E-state index is 13.7. The van der Waals surface area contributed by atoms with Crippen LogP contribution < -0.4 is 10.1 Å². The molecule has 2 aromatic carbocycles. The number of benzene rings is 2. The predicted octanol–water partition coefficient (Wildman–Crippen LogP) is 3.88. The normalized spacial score (nSPS) is 27.7. The van der Waals surface area contributed by atoms with Crippen molar-refractivity contribution in [3.8, 4) is 5.75 Å². The Hall–Kier alpha value is -2.04. The minimum Gasteiger partial charge on any atom is -0.496 e. The molecule has 0 aromatic heterocycles. The highest BCUT2D eigenvalue weighted by molar-refractivity contribution is 5.86. The fourth-order valence-electron chi connectivity index (χ4n) is 5.54. The van der Waals surface area contributed by atoms with Crippen molar-refractivity contribution in [2.75, 3.05) is 26.7 Å². The Labute approximate surface area is 179 Å². The van der Waals surface area contributed by atoms with Crippen LogP contribution in [0.25, 0.3) is 0 Å². The molecule has 0 radical (unpaired) electrons. The van der Waals surface area contributed by atoms with Gasteiger partial charge in [0.2, 0.25) is 5.91 Å². The van der Waals surface area contributed by atoms with E-state index in [1.807, 2.05) is 18.2 Å². The van der Waals surface area contributed by atoms with E-state index in [9.17, 15) is 4.79 Å². The number of para-hydroxylation sites is 1. The number of hydrogen-bond donors (Lipinski definition) is 1. The average molecular weight is 413 g/mol. The third-order valence-corrected chi connectivity index (χ3v) is 7.02. The van der Waals surface area contributed by atoms with Crippen LogP contribution in [0.2, 0.25) is 0 Å². The van der Waals surface area contributed by atoms with E-state index in [-0.39, 0.29) is 29.8 Å². The number of amides is 1. The fraction of sp³-hybridized carbons (Fsp3) is 0.458. The number of carbonyl (C=O) groups excluding carboxylic acids is 1. The highest BCUT2D eigenvalue weighted by Crippen LogP contribution is 2.61. The molecule has 3 unspecified atom stereocenters. The van der Waals surface area contributed by atoms with E-state index in [2.05, 4.69) is 40.5 Å². The van der Waals surface area contributed by atoms with Gasteiger partial charge in [-0.25, -0.2) is 0 Å². The molecule has 5 heteroatoms. The fourth-order valence-corrected chi connectivity index (χ4v) is 5.54. The van der Waals surface area contributed by atoms with Gasteiger partial charge in [0.15, 0.2) is 0 Å². The lowest BCUT2D eigenvalue weighted by Gasteiger charge is -2.38. The highest BCUT2D eigenvalue weighted by Gasteiger charge is 2.61. The van der Waals surface area contributed by atoms with E-state index in [1.54, 1.807) is 7.11 Å². The second kappa shape index (κ2) is 8.00. The van der Waals surface area contributed by atoms with Crippen LogP contribution >= 0.6 is 12.4 Å². The van der Waals surface area contributed by atoms with E-state index >= 15 is 0 Å². The predicted molar refractivity (Wildman–Crippen MR) is 117 cm³/mol. The standard InChI is InChI=1S/C24H28N2O2.ClH/c1-28-22-11-5-3-9-18(22)21-16-25-13-14-26(21)23(27)20-15-24(20)12-6-8-17-7-2-4-10-19(17)24;/h2-5,7,9-11,20-21,25H,6,8,12-16H2,1H3;1H. The Kier molecular flexibility index (Phi) is 5.58. The minimum atomic E-state index is 0. The third kappa shape index (κ3) is 3.32. The molecule has 154 valence electrons. The Morgan fingerprint density at radius 3 is 2.83 bits per heavy atom. The Morgan fingerprint density at radius 2 is 1.97 bits per heavy atom. The minimum absolute atomic E-state index is 0. The maximum atomic E-state index is 13.7. The molecule has 3 atom stereocenters. The first-order valence-corrected chi connectivity index (χ1v) is 10.5. The number of aryl methyl sites for hydroxylation is 1. The SMILES string of the molecule is COc1ccccc1C1CNCCN1C(=O)C1CC12CCCc1ccccc12.Cl. The summed E-state index contributed by atoms with van der Waals surface area (Å²) in [4.78, 5) is 15.8. The van der Waals surface area contributed by atoms with Gasteiger partial charge in [-0.2, -0.15) is 0 Å². The van der Waals surface area contributed by atoms with Crippen LogP contribution in [0.5, 0.6) is 5.75 Å². The average Bonchev–Trinajstić information content (AvgIpc) is 3.48. The van der Waals surface area contributed by atoms with Crippen molar-refractivity contribution in [1.29, 1.82) is 0 Å². The van der Waals surface area contributed by atoms with Gasteiger partial charge in [0.1, 0.15) is 5.75 Å². The van der Waals surface area contributed by atoms with E-state index in [1.165, 1.54) is 17.5 Å². The van der Waals surface area contributed by atoms with Crippen LogP contribution in [0.4, 0.5) is 0 Å². The van der Waals surface area contributed by atoms with Crippen molar-refractivity contribution >= 4 is 18.3 Å². The molecule has 29 heavy (non-hydrogen) atoms. The topological polar surface area (TPSA) is 41.6 Å². The second-order valence-electron chi connectivity index (χ2n) is 8.42. The third-order valence-electron chi connectivity index (χ3n) is 7.02. The second-order valence-corrected chi connectivity index (χ2v) is 8.42. The molecule has 1 heterocycles. The molecule has 1 saturated carbocycles. The zero-order valence-corrected chi connectivity index (χ0v) is 17.7. The quantitative estimate of drug-likeness (QED) is 0.831. The van der Waals surface area contributed by atoms with Gasteiger partial charge in [0, 0.05) is 36.5 Å². The molecule has 2 fully saturated rings. The number of ether oxygens (including phenoxy) is 1. The molecule has 1 N–H and O–H groups in total. The van der Waals surface area contributed by atoms with Crippen molar-refractivity contribution < 1.29 is 9.53 Å². The summed E-state index contributed by atoms with van der Waals surface area (Å²) in [5, 5.41) is 3.47. The summed E-state index contributed by atoms with van der Waals surface area (Å²) in [6, 6.07) is 16.9. The van der Waals surface area contributed by atoms with Crippen molar-refractivity contribution in [3.63, 3.8) is 0 Å². The van der Waals surface area contributed by atoms with E-state index < -0.39 is 0 Å². The Balaban J connectivity index is 0.00000205. The van der Waals surface area contributed by atoms with Crippen LogP contribution in [-0.4, -0.2) is 37.6 Å². The molecule has 2 aromatic rings. The molecule has 0 bridgehead atoms. The molecule has 2 aliphatic carbocycles. The molecular formula is C24H29ClN2O2. The largest absolute Gasteiger partial charge is 0.496 e. The lowest BCUT2D eigenvalue weighted by atomic mass is 9.78. The Morgan fingerprint density at radius 1 is 1.17 bits per heavy atom. The molecule has 1 amide bonds. The van der Waals surface area contributed by atoms with Gasteiger partial charge in [-0.3, -0.25) is 4.79 Å². The first-order valence-electron chi connectivity index (χ1n) is 10.5. The maximum Gasteiger partial charge on any atom is 0.227 e. The zero-order chi connectivity index (χ0) is 19.1. The lowest BCUT2D eigenvalue weighted by molar-refractivity contribution is -0.136. The van der Waals surface area contributed by atoms with Gasteiger partial charge in [-0.05, 0) is 42.9 Å². The number of nitrogens with zero attached hydrogens (tertiary/aromatic N) is 1. The monoisotopic (exact) mass is 412 g/mol. The summed E-state index contributed by atoms with van der Waals surface area (Å²) in [6.07, 6.45) is 4.49. The zero-order valence-electron chi connectivity index (χ0n) is 16.9. The van der Waals surface area contributed by atoms with Crippen molar-refractivity contribution in [1.82, 2.24) is 10.2 Å². The first-order chi connectivity index (χ1) is 13.7. The number of halogens is 1. The van der Waals surface area contributed by atoms with Gasteiger partial charge >= 0.3 is 0 Å². The van der Waals surface area contributed by atoms with Crippen molar-refractivity contribution in [2.24, 2.45) is 5.92 Å². The van der Waals surface area contributed by atoms with Crippen molar-refractivity contribution in [3.05, 3.63) is 65.2 Å². The van der Waals surface area contributed by atoms with Gasteiger partial charge in [0.25, 0.3) is 0 Å². The van der Waals surface area contributed by atoms with Crippen LogP contribution in [0.3, 0.4) is 0 Å². The van der Waals surface area contributed by atoms with E-state index in [0.29, 0.717) is 5.91 Å². The lowest BCUT2D eigenvalue weighted by Crippen LogP contribution is -2.50. The molecule has 1 saturated heterocycles. The molecule has 1 spiro atoms. The summed E-state index contributed by atoms with van der Waals surface area (Å²) in [7, 11) is 1.70. The molecule has 1 aliphatic heterocycles.